The van der Waals surface area contributed by atoms with Gasteiger partial charge >= 0.3 is 0 Å². The third kappa shape index (κ3) is 6.56. The highest BCUT2D eigenvalue weighted by Crippen LogP contribution is 2.29. The minimum Gasteiger partial charge on any atom is -0.493 e. The van der Waals surface area contributed by atoms with Crippen LogP contribution in [-0.4, -0.2) is 79.0 Å². The summed E-state index contributed by atoms with van der Waals surface area (Å²) in [4.78, 5) is 4.82. The number of benzene rings is 1. The van der Waals surface area contributed by atoms with Gasteiger partial charge in [0.2, 0.25) is 0 Å². The first-order valence-corrected chi connectivity index (χ1v) is 11.3. The maximum absolute atomic E-state index is 10.3. The molecule has 152 valence electrons. The Morgan fingerprint density at radius 3 is 2.56 bits per heavy atom. The number of piperidine rings is 1. The number of ether oxygens (including phenoxy) is 2. The second-order valence-corrected chi connectivity index (χ2v) is 9.05. The number of β-amino-alcohol motifs (C(OH)–C–C–N with tert-alkyl or cyclic N) is 1. The van der Waals surface area contributed by atoms with Gasteiger partial charge in [0.15, 0.2) is 11.5 Å². The van der Waals surface area contributed by atoms with Crippen molar-refractivity contribution in [3.8, 4) is 11.5 Å². The van der Waals surface area contributed by atoms with Gasteiger partial charge in [-0.15, -0.1) is 0 Å². The predicted octanol–water partition coefficient (Wildman–Crippen LogP) is 2.72. The van der Waals surface area contributed by atoms with Crippen LogP contribution >= 0.6 is 11.8 Å². The molecular weight excluding hydrogens is 360 g/mol. The van der Waals surface area contributed by atoms with Gasteiger partial charge in [-0.3, -0.25) is 9.80 Å². The first-order valence-electron chi connectivity index (χ1n) is 10.1. The maximum atomic E-state index is 10.3. The van der Waals surface area contributed by atoms with Crippen LogP contribution in [0.15, 0.2) is 18.2 Å². The standard InChI is InChI=1S/C21H34N2O3S/c1-17-5-7-22(8-6-17)14-18-3-4-20(21(13-18)25-2)26-16-19(24)15-23-9-11-27-12-10-23/h3-4,13,17,19,24H,5-12,14-16H2,1-2H3. The van der Waals surface area contributed by atoms with Crippen molar-refractivity contribution in [3.05, 3.63) is 23.8 Å². The van der Waals surface area contributed by atoms with E-state index in [1.165, 1.54) is 31.5 Å². The number of hydrogen-bond donors (Lipinski definition) is 1. The Morgan fingerprint density at radius 1 is 1.11 bits per heavy atom. The second-order valence-electron chi connectivity index (χ2n) is 7.82. The lowest BCUT2D eigenvalue weighted by Gasteiger charge is -2.30. The zero-order valence-corrected chi connectivity index (χ0v) is 17.5. The van der Waals surface area contributed by atoms with E-state index in [0.717, 1.165) is 42.8 Å². The average Bonchev–Trinajstić information content (AvgIpc) is 2.69. The molecule has 2 saturated heterocycles. The van der Waals surface area contributed by atoms with Gasteiger partial charge in [0.25, 0.3) is 0 Å². The van der Waals surface area contributed by atoms with Gasteiger partial charge in [-0.1, -0.05) is 13.0 Å². The Hall–Kier alpha value is -0.950. The van der Waals surface area contributed by atoms with Crippen LogP contribution in [0.3, 0.4) is 0 Å². The molecule has 0 saturated carbocycles. The van der Waals surface area contributed by atoms with Gasteiger partial charge in [0.05, 0.1) is 7.11 Å². The fraction of sp³-hybridized carbons (Fsp3) is 0.714. The molecule has 2 fully saturated rings. The van der Waals surface area contributed by atoms with Crippen molar-refractivity contribution in [1.82, 2.24) is 9.80 Å². The van der Waals surface area contributed by atoms with E-state index in [1.807, 2.05) is 17.8 Å². The smallest absolute Gasteiger partial charge is 0.161 e. The van der Waals surface area contributed by atoms with Gasteiger partial charge in [0, 0.05) is 37.7 Å². The number of nitrogens with zero attached hydrogens (tertiary/aromatic N) is 2. The average molecular weight is 395 g/mol. The Labute approximate surface area is 168 Å². The van der Waals surface area contributed by atoms with Crippen molar-refractivity contribution >= 4 is 11.8 Å². The predicted molar refractivity (Wildman–Crippen MR) is 112 cm³/mol. The number of likely N-dealkylation sites (tertiary alicyclic amines) is 1. The van der Waals surface area contributed by atoms with Crippen LogP contribution in [0.4, 0.5) is 0 Å². The molecular formula is C21H34N2O3S. The molecule has 1 N–H and O–H groups in total. The molecule has 2 heterocycles. The number of rotatable bonds is 8. The van der Waals surface area contributed by atoms with E-state index >= 15 is 0 Å². The van der Waals surface area contributed by atoms with Crippen molar-refractivity contribution in [3.63, 3.8) is 0 Å². The summed E-state index contributed by atoms with van der Waals surface area (Å²) < 4.78 is 11.4. The van der Waals surface area contributed by atoms with E-state index in [0.29, 0.717) is 18.9 Å². The number of thioether (sulfide) groups is 1. The molecule has 3 rings (SSSR count). The van der Waals surface area contributed by atoms with Crippen LogP contribution in [-0.2, 0) is 6.54 Å². The van der Waals surface area contributed by atoms with Crippen LogP contribution < -0.4 is 9.47 Å². The van der Waals surface area contributed by atoms with Crippen molar-refractivity contribution in [2.75, 3.05) is 57.9 Å². The topological polar surface area (TPSA) is 45.2 Å². The minimum atomic E-state index is -0.479. The number of aliphatic hydroxyl groups is 1. The minimum absolute atomic E-state index is 0.295. The van der Waals surface area contributed by atoms with Crippen molar-refractivity contribution in [2.45, 2.75) is 32.4 Å². The van der Waals surface area contributed by atoms with Gasteiger partial charge in [-0.2, -0.15) is 11.8 Å². The maximum Gasteiger partial charge on any atom is 0.161 e. The Kier molecular flexibility index (Phi) is 8.12. The van der Waals surface area contributed by atoms with Crippen molar-refractivity contribution in [1.29, 1.82) is 0 Å². The third-order valence-corrected chi connectivity index (χ3v) is 6.46. The molecule has 5 nitrogen and oxygen atoms in total. The van der Waals surface area contributed by atoms with Crippen LogP contribution in [0.1, 0.15) is 25.3 Å². The van der Waals surface area contributed by atoms with Gasteiger partial charge in [-0.05, 0) is 49.5 Å². The van der Waals surface area contributed by atoms with Crippen LogP contribution in [0.5, 0.6) is 11.5 Å². The molecule has 6 heteroatoms. The summed E-state index contributed by atoms with van der Waals surface area (Å²) in [7, 11) is 1.68. The van der Waals surface area contributed by atoms with E-state index < -0.39 is 6.10 Å². The SMILES string of the molecule is COc1cc(CN2CCC(C)CC2)ccc1OCC(O)CN1CCSCC1. The highest BCUT2D eigenvalue weighted by Gasteiger charge is 2.18. The van der Waals surface area contributed by atoms with Crippen LogP contribution in [0.2, 0.25) is 0 Å². The zero-order chi connectivity index (χ0) is 19.1. The second kappa shape index (κ2) is 10.6. The highest BCUT2D eigenvalue weighted by molar-refractivity contribution is 7.99. The fourth-order valence-corrected chi connectivity index (χ4v) is 4.71. The molecule has 1 aromatic rings. The molecule has 2 aliphatic rings. The summed E-state index contributed by atoms with van der Waals surface area (Å²) in [6.07, 6.45) is 2.09. The monoisotopic (exact) mass is 394 g/mol. The molecule has 0 aliphatic carbocycles. The Morgan fingerprint density at radius 2 is 1.85 bits per heavy atom. The Bertz CT molecular complexity index is 573. The van der Waals surface area contributed by atoms with Crippen molar-refractivity contribution < 1.29 is 14.6 Å². The van der Waals surface area contributed by atoms with E-state index in [4.69, 9.17) is 9.47 Å². The van der Waals surface area contributed by atoms with Gasteiger partial charge in [-0.25, -0.2) is 0 Å². The molecule has 27 heavy (non-hydrogen) atoms. The first-order chi connectivity index (χ1) is 13.1. The lowest BCUT2D eigenvalue weighted by atomic mass is 9.99. The molecule has 0 bridgehead atoms. The van der Waals surface area contributed by atoms with Gasteiger partial charge in [0.1, 0.15) is 12.7 Å². The quantitative estimate of drug-likeness (QED) is 0.731. The van der Waals surface area contributed by atoms with Gasteiger partial charge < -0.3 is 14.6 Å². The third-order valence-electron chi connectivity index (χ3n) is 5.51. The molecule has 0 spiro atoms. The molecule has 0 radical (unpaired) electrons. The Balaban J connectivity index is 1.49. The van der Waals surface area contributed by atoms with E-state index in [1.54, 1.807) is 7.11 Å². The number of methoxy groups -OCH3 is 1. The largest absolute Gasteiger partial charge is 0.493 e. The summed E-state index contributed by atoms with van der Waals surface area (Å²) in [6, 6.07) is 6.16. The van der Waals surface area contributed by atoms with E-state index in [9.17, 15) is 5.11 Å². The van der Waals surface area contributed by atoms with Crippen LogP contribution in [0, 0.1) is 5.92 Å². The molecule has 0 amide bonds. The zero-order valence-electron chi connectivity index (χ0n) is 16.7. The molecule has 0 aromatic heterocycles. The molecule has 1 aromatic carbocycles. The molecule has 2 aliphatic heterocycles. The lowest BCUT2D eigenvalue weighted by molar-refractivity contribution is 0.0704. The lowest BCUT2D eigenvalue weighted by Crippen LogP contribution is -2.40. The molecule has 1 atom stereocenters. The van der Waals surface area contributed by atoms with E-state index in [-0.39, 0.29) is 0 Å². The number of aliphatic hydroxyl groups excluding tert-OH is 1. The van der Waals surface area contributed by atoms with E-state index in [2.05, 4.69) is 28.9 Å². The molecule has 1 unspecified atom stereocenters. The summed E-state index contributed by atoms with van der Waals surface area (Å²) in [5.74, 6) is 4.61. The summed E-state index contributed by atoms with van der Waals surface area (Å²) in [6.45, 7) is 8.71. The highest BCUT2D eigenvalue weighted by atomic mass is 32.2. The first kappa shape index (κ1) is 20.8. The fourth-order valence-electron chi connectivity index (χ4n) is 3.73. The van der Waals surface area contributed by atoms with Crippen LogP contribution in [0.25, 0.3) is 0 Å². The summed E-state index contributed by atoms with van der Waals surface area (Å²) in [5.41, 5.74) is 1.25. The number of hydrogen-bond acceptors (Lipinski definition) is 6. The summed E-state index contributed by atoms with van der Waals surface area (Å²) >= 11 is 1.98. The van der Waals surface area contributed by atoms with Crippen molar-refractivity contribution in [2.24, 2.45) is 5.92 Å². The summed E-state index contributed by atoms with van der Waals surface area (Å²) in [5, 5.41) is 10.3. The normalized spacial score (nSPS) is 21.1.